The van der Waals surface area contributed by atoms with E-state index in [1.54, 1.807) is 0 Å². The van der Waals surface area contributed by atoms with Gasteiger partial charge in [-0.25, -0.2) is 0 Å². The maximum Gasteiger partial charge on any atom is 0.0975 e. The Morgan fingerprint density at radius 2 is 2.50 bits per heavy atom. The Balaban J connectivity index is 2.59. The first-order chi connectivity index (χ1) is 6.72. The molecule has 0 spiro atoms. The van der Waals surface area contributed by atoms with Gasteiger partial charge in [0.25, 0.3) is 0 Å². The number of oxime groups is 1. The van der Waals surface area contributed by atoms with Crippen LogP contribution in [0.15, 0.2) is 5.16 Å². The Kier molecular flexibility index (Phi) is 3.90. The number of hydrogen-bond acceptors (Lipinski definition) is 4. The zero-order valence-electron chi connectivity index (χ0n) is 8.77. The predicted octanol–water partition coefficient (Wildman–Crippen LogP) is 1.46. The number of piperidine rings is 1. The minimum absolute atomic E-state index is 0.0118. The van der Waals surface area contributed by atoms with E-state index in [0.29, 0.717) is 0 Å². The van der Waals surface area contributed by atoms with Gasteiger partial charge in [0.1, 0.15) is 0 Å². The highest BCUT2D eigenvalue weighted by Crippen LogP contribution is 2.17. The summed E-state index contributed by atoms with van der Waals surface area (Å²) in [6, 6.07) is 2.31. The summed E-state index contributed by atoms with van der Waals surface area (Å²) in [5, 5.41) is 20.9. The number of rotatable bonds is 2. The number of likely N-dealkylation sites (tertiary alicyclic amines) is 1. The van der Waals surface area contributed by atoms with Gasteiger partial charge in [-0.3, -0.25) is 4.90 Å². The molecule has 1 rings (SSSR count). The second-order valence-electron chi connectivity index (χ2n) is 3.79. The lowest BCUT2D eigenvalue weighted by molar-refractivity contribution is 0.200. The van der Waals surface area contributed by atoms with Gasteiger partial charge in [0, 0.05) is 25.4 Å². The van der Waals surface area contributed by atoms with Crippen molar-refractivity contribution in [2.75, 3.05) is 13.1 Å². The topological polar surface area (TPSA) is 59.6 Å². The molecule has 0 amide bonds. The van der Waals surface area contributed by atoms with Crippen molar-refractivity contribution < 1.29 is 5.21 Å². The maximum atomic E-state index is 8.92. The fourth-order valence-electron chi connectivity index (χ4n) is 1.92. The third-order valence-corrected chi connectivity index (χ3v) is 2.84. The van der Waals surface area contributed by atoms with Gasteiger partial charge >= 0.3 is 0 Å². The van der Waals surface area contributed by atoms with E-state index in [4.69, 9.17) is 10.5 Å². The summed E-state index contributed by atoms with van der Waals surface area (Å²) < 4.78 is 0. The van der Waals surface area contributed by atoms with E-state index in [0.717, 1.165) is 31.6 Å². The quantitative estimate of drug-likeness (QED) is 0.536. The molecule has 0 aromatic rings. The Morgan fingerprint density at radius 3 is 2.93 bits per heavy atom. The number of nitriles is 1. The van der Waals surface area contributed by atoms with Crippen molar-refractivity contribution in [1.29, 1.82) is 5.26 Å². The van der Waals surface area contributed by atoms with Crippen molar-refractivity contribution in [3.05, 3.63) is 0 Å². The van der Waals surface area contributed by atoms with Crippen LogP contribution in [0.4, 0.5) is 0 Å². The van der Waals surface area contributed by atoms with Crippen molar-refractivity contribution in [3.63, 3.8) is 0 Å². The molecule has 4 nitrogen and oxygen atoms in total. The monoisotopic (exact) mass is 195 g/mol. The van der Waals surface area contributed by atoms with E-state index in [2.05, 4.69) is 16.1 Å². The molecule has 1 aliphatic heterocycles. The normalized spacial score (nSPS) is 28.6. The highest BCUT2D eigenvalue weighted by atomic mass is 16.4. The minimum Gasteiger partial charge on any atom is -0.411 e. The molecule has 14 heavy (non-hydrogen) atoms. The van der Waals surface area contributed by atoms with E-state index in [1.807, 2.05) is 13.8 Å². The van der Waals surface area contributed by atoms with Crippen LogP contribution in [0.5, 0.6) is 0 Å². The van der Waals surface area contributed by atoms with Crippen molar-refractivity contribution >= 4 is 5.71 Å². The Labute approximate surface area is 84.8 Å². The van der Waals surface area contributed by atoms with Crippen LogP contribution >= 0.6 is 0 Å². The molecular formula is C10H17N3O. The van der Waals surface area contributed by atoms with Gasteiger partial charge in [-0.15, -0.1) is 0 Å². The van der Waals surface area contributed by atoms with Crippen molar-refractivity contribution in [2.45, 2.75) is 32.7 Å². The molecule has 0 aliphatic carbocycles. The van der Waals surface area contributed by atoms with E-state index >= 15 is 0 Å². The van der Waals surface area contributed by atoms with Crippen molar-refractivity contribution in [2.24, 2.45) is 11.1 Å². The minimum atomic E-state index is 0.0118. The largest absolute Gasteiger partial charge is 0.411 e. The molecule has 0 radical (unpaired) electrons. The van der Waals surface area contributed by atoms with E-state index in [9.17, 15) is 0 Å². The van der Waals surface area contributed by atoms with Crippen LogP contribution in [0.3, 0.4) is 0 Å². The van der Waals surface area contributed by atoms with Crippen molar-refractivity contribution in [1.82, 2.24) is 4.90 Å². The molecule has 2 unspecified atom stereocenters. The predicted molar refractivity (Wildman–Crippen MR) is 54.3 cm³/mol. The molecule has 2 atom stereocenters. The van der Waals surface area contributed by atoms with Gasteiger partial charge < -0.3 is 5.21 Å². The van der Waals surface area contributed by atoms with Gasteiger partial charge in [-0.1, -0.05) is 19.0 Å². The summed E-state index contributed by atoms with van der Waals surface area (Å²) in [6.45, 7) is 5.71. The summed E-state index contributed by atoms with van der Waals surface area (Å²) in [5.74, 6) is 0.260. The molecule has 1 N–H and O–H groups in total. The summed E-state index contributed by atoms with van der Waals surface area (Å²) in [5.41, 5.74) is 0.856. The first kappa shape index (κ1) is 11.0. The SMILES string of the molecule is CCC(C#N)N1CCC(=NO)C(C)C1. The highest BCUT2D eigenvalue weighted by Gasteiger charge is 2.26. The average Bonchev–Trinajstić information content (AvgIpc) is 2.20. The van der Waals surface area contributed by atoms with Crippen LogP contribution in [0.25, 0.3) is 0 Å². The van der Waals surface area contributed by atoms with Gasteiger partial charge in [-0.2, -0.15) is 5.26 Å². The highest BCUT2D eigenvalue weighted by molar-refractivity contribution is 5.87. The molecule has 4 heteroatoms. The summed E-state index contributed by atoms with van der Waals surface area (Å²) in [4.78, 5) is 2.17. The van der Waals surface area contributed by atoms with Gasteiger partial charge in [0.15, 0.2) is 0 Å². The molecule has 1 aliphatic rings. The Morgan fingerprint density at radius 1 is 1.79 bits per heavy atom. The van der Waals surface area contributed by atoms with Crippen molar-refractivity contribution in [3.8, 4) is 6.07 Å². The number of hydrogen-bond donors (Lipinski definition) is 1. The second kappa shape index (κ2) is 4.97. The lowest BCUT2D eigenvalue weighted by Crippen LogP contribution is -2.44. The lowest BCUT2D eigenvalue weighted by Gasteiger charge is -2.33. The summed E-state index contributed by atoms with van der Waals surface area (Å²) in [7, 11) is 0. The molecule has 0 saturated carbocycles. The molecular weight excluding hydrogens is 178 g/mol. The van der Waals surface area contributed by atoms with Crippen LogP contribution in [-0.4, -0.2) is 35.0 Å². The van der Waals surface area contributed by atoms with Gasteiger partial charge in [-0.05, 0) is 6.42 Å². The lowest BCUT2D eigenvalue weighted by atomic mass is 9.96. The van der Waals surface area contributed by atoms with E-state index < -0.39 is 0 Å². The van der Waals surface area contributed by atoms with Crippen LogP contribution in [0.1, 0.15) is 26.7 Å². The Hall–Kier alpha value is -1.08. The number of nitrogens with zero attached hydrogens (tertiary/aromatic N) is 3. The first-order valence-electron chi connectivity index (χ1n) is 5.07. The molecule has 0 aromatic carbocycles. The third kappa shape index (κ3) is 2.24. The van der Waals surface area contributed by atoms with Crippen LogP contribution < -0.4 is 0 Å². The smallest absolute Gasteiger partial charge is 0.0975 e. The van der Waals surface area contributed by atoms with Crippen LogP contribution in [-0.2, 0) is 0 Å². The second-order valence-corrected chi connectivity index (χ2v) is 3.79. The van der Waals surface area contributed by atoms with Gasteiger partial charge in [0.2, 0.25) is 0 Å². The third-order valence-electron chi connectivity index (χ3n) is 2.84. The average molecular weight is 195 g/mol. The first-order valence-corrected chi connectivity index (χ1v) is 5.07. The molecule has 78 valence electrons. The summed E-state index contributed by atoms with van der Waals surface area (Å²) >= 11 is 0. The van der Waals surface area contributed by atoms with Crippen LogP contribution in [0.2, 0.25) is 0 Å². The molecule has 1 heterocycles. The van der Waals surface area contributed by atoms with Gasteiger partial charge in [0.05, 0.1) is 17.8 Å². The van der Waals surface area contributed by atoms with E-state index in [-0.39, 0.29) is 12.0 Å². The molecule has 1 fully saturated rings. The van der Waals surface area contributed by atoms with E-state index in [1.165, 1.54) is 0 Å². The fourth-order valence-corrected chi connectivity index (χ4v) is 1.92. The fraction of sp³-hybridized carbons (Fsp3) is 0.800. The molecule has 0 bridgehead atoms. The summed E-state index contributed by atoms with van der Waals surface area (Å²) in [6.07, 6.45) is 1.63. The Bertz CT molecular complexity index is 257. The zero-order valence-corrected chi connectivity index (χ0v) is 8.77. The zero-order chi connectivity index (χ0) is 10.6. The molecule has 0 aromatic heterocycles. The van der Waals surface area contributed by atoms with Crippen LogP contribution in [0, 0.1) is 17.2 Å². The maximum absolute atomic E-state index is 8.92. The standard InChI is InChI=1S/C10H17N3O/c1-3-9(6-11)13-5-4-10(12-14)8(2)7-13/h8-9,14H,3-5,7H2,1-2H3. The molecule has 1 saturated heterocycles.